The fraction of sp³-hybridized carbons (Fsp3) is 0.857. The summed E-state index contributed by atoms with van der Waals surface area (Å²) in [5, 5.41) is 0. The van der Waals surface area contributed by atoms with Gasteiger partial charge in [0, 0.05) is 6.32 Å². The SMILES string of the molecule is CC(/C=C\CB1O[C@@H]2C[C@@H]3C[C@@H](C3(C)C)[C@]2(C)O1)CC(=O)OC(C)(C)C. The molecule has 5 atom stereocenters. The summed E-state index contributed by atoms with van der Waals surface area (Å²) in [6, 6.07) is 0. The average molecular weight is 362 g/mol. The Morgan fingerprint density at radius 2 is 2.00 bits per heavy atom. The molecule has 3 aliphatic carbocycles. The van der Waals surface area contributed by atoms with Crippen LogP contribution in [0.5, 0.6) is 0 Å². The maximum Gasteiger partial charge on any atom is 0.461 e. The van der Waals surface area contributed by atoms with Crippen LogP contribution in [0.1, 0.15) is 67.7 Å². The van der Waals surface area contributed by atoms with Crippen molar-refractivity contribution in [2.24, 2.45) is 23.2 Å². The molecule has 0 aromatic heterocycles. The van der Waals surface area contributed by atoms with Crippen LogP contribution in [-0.2, 0) is 18.8 Å². The number of hydrogen-bond acceptors (Lipinski definition) is 4. The van der Waals surface area contributed by atoms with E-state index in [1.807, 2.05) is 27.7 Å². The third-order valence-electron chi connectivity index (χ3n) is 6.70. The van der Waals surface area contributed by atoms with Crippen molar-refractivity contribution in [1.82, 2.24) is 0 Å². The molecule has 1 heterocycles. The van der Waals surface area contributed by atoms with E-state index in [2.05, 4.69) is 32.9 Å². The maximum absolute atomic E-state index is 11.9. The summed E-state index contributed by atoms with van der Waals surface area (Å²) in [6.07, 6.45) is 7.94. The zero-order valence-electron chi connectivity index (χ0n) is 17.5. The zero-order valence-corrected chi connectivity index (χ0v) is 17.5. The highest BCUT2D eigenvalue weighted by atomic mass is 16.7. The molecule has 5 heteroatoms. The monoisotopic (exact) mass is 362 g/mol. The van der Waals surface area contributed by atoms with E-state index in [0.29, 0.717) is 17.8 Å². The molecular formula is C21H35BO4. The molecule has 4 nitrogen and oxygen atoms in total. The number of carbonyl (C=O) groups excluding carboxylic acids is 1. The first kappa shape index (κ1) is 19.9. The predicted molar refractivity (Wildman–Crippen MR) is 104 cm³/mol. The quantitative estimate of drug-likeness (QED) is 0.406. The van der Waals surface area contributed by atoms with E-state index in [4.69, 9.17) is 14.0 Å². The molecule has 4 aliphatic rings. The molecule has 0 aromatic carbocycles. The van der Waals surface area contributed by atoms with Crippen molar-refractivity contribution >= 4 is 13.1 Å². The first-order valence-corrected chi connectivity index (χ1v) is 10.1. The van der Waals surface area contributed by atoms with Gasteiger partial charge in [-0.05, 0) is 63.7 Å². The Kier molecular flexibility index (Phi) is 5.11. The standard InChI is InChI=1S/C21H35BO4/c1-14(11-18(23)24-19(2,3)4)9-8-10-22-25-17-13-15-12-16(20(15,5)6)21(17,7)26-22/h8-9,14-17H,10-13H2,1-7H3/b9-8-/t14?,15-,16-,17+,21-/m0/s1. The van der Waals surface area contributed by atoms with Gasteiger partial charge in [0.25, 0.3) is 0 Å². The molecule has 0 aromatic rings. The predicted octanol–water partition coefficient (Wildman–Crippen LogP) is 4.64. The Morgan fingerprint density at radius 3 is 2.62 bits per heavy atom. The van der Waals surface area contributed by atoms with E-state index in [9.17, 15) is 4.79 Å². The van der Waals surface area contributed by atoms with Gasteiger partial charge in [-0.2, -0.15) is 0 Å². The molecule has 2 bridgehead atoms. The minimum Gasteiger partial charge on any atom is -0.460 e. The molecule has 0 radical (unpaired) electrons. The van der Waals surface area contributed by atoms with Gasteiger partial charge >= 0.3 is 13.1 Å². The van der Waals surface area contributed by atoms with Gasteiger partial charge < -0.3 is 14.0 Å². The van der Waals surface area contributed by atoms with Crippen LogP contribution in [0.15, 0.2) is 12.2 Å². The lowest BCUT2D eigenvalue weighted by atomic mass is 9.43. The Hall–Kier alpha value is -0.805. The van der Waals surface area contributed by atoms with Gasteiger partial charge in [0.05, 0.1) is 18.1 Å². The minimum atomic E-state index is -0.424. The molecule has 0 amide bonds. The van der Waals surface area contributed by atoms with Gasteiger partial charge in [-0.1, -0.05) is 32.9 Å². The molecule has 1 unspecified atom stereocenters. The molecular weight excluding hydrogens is 327 g/mol. The highest BCUT2D eigenvalue weighted by molar-refractivity contribution is 6.46. The van der Waals surface area contributed by atoms with Crippen LogP contribution >= 0.6 is 0 Å². The lowest BCUT2D eigenvalue weighted by molar-refractivity contribution is -0.199. The molecule has 4 rings (SSSR count). The number of carbonyl (C=O) groups is 1. The van der Waals surface area contributed by atoms with Crippen molar-refractivity contribution in [2.45, 2.75) is 91.4 Å². The van der Waals surface area contributed by atoms with Gasteiger partial charge in [0.1, 0.15) is 5.60 Å². The van der Waals surface area contributed by atoms with Crippen molar-refractivity contribution in [3.63, 3.8) is 0 Å². The fourth-order valence-electron chi connectivity index (χ4n) is 5.19. The third kappa shape index (κ3) is 3.75. The summed E-state index contributed by atoms with van der Waals surface area (Å²) in [6.45, 7) is 14.7. The molecule has 1 aliphatic heterocycles. The first-order chi connectivity index (χ1) is 11.9. The molecule has 1 saturated heterocycles. The zero-order chi connectivity index (χ0) is 19.3. The highest BCUT2D eigenvalue weighted by Gasteiger charge is 2.67. The van der Waals surface area contributed by atoms with E-state index < -0.39 is 5.60 Å². The van der Waals surface area contributed by atoms with Crippen LogP contribution in [0.3, 0.4) is 0 Å². The smallest absolute Gasteiger partial charge is 0.460 e. The Bertz CT molecular complexity index is 579. The van der Waals surface area contributed by atoms with Gasteiger partial charge in [-0.15, -0.1) is 0 Å². The van der Waals surface area contributed by atoms with Gasteiger partial charge in [0.15, 0.2) is 0 Å². The lowest BCUT2D eigenvalue weighted by Crippen LogP contribution is -2.65. The molecule has 146 valence electrons. The fourth-order valence-corrected chi connectivity index (χ4v) is 5.19. The van der Waals surface area contributed by atoms with Crippen molar-refractivity contribution in [3.8, 4) is 0 Å². The number of esters is 1. The van der Waals surface area contributed by atoms with Gasteiger partial charge in [0.2, 0.25) is 0 Å². The van der Waals surface area contributed by atoms with Crippen molar-refractivity contribution in [1.29, 1.82) is 0 Å². The van der Waals surface area contributed by atoms with Crippen LogP contribution in [0.4, 0.5) is 0 Å². The highest BCUT2D eigenvalue weighted by Crippen LogP contribution is 2.65. The largest absolute Gasteiger partial charge is 0.461 e. The van der Waals surface area contributed by atoms with Crippen LogP contribution in [0.25, 0.3) is 0 Å². The lowest BCUT2D eigenvalue weighted by Gasteiger charge is -2.64. The Morgan fingerprint density at radius 1 is 1.31 bits per heavy atom. The van der Waals surface area contributed by atoms with Crippen LogP contribution in [-0.4, -0.2) is 30.4 Å². The first-order valence-electron chi connectivity index (χ1n) is 10.1. The number of ether oxygens (including phenoxy) is 1. The maximum atomic E-state index is 11.9. The van der Waals surface area contributed by atoms with Crippen LogP contribution in [0, 0.1) is 23.2 Å². The van der Waals surface area contributed by atoms with E-state index >= 15 is 0 Å². The molecule has 0 spiro atoms. The summed E-state index contributed by atoms with van der Waals surface area (Å²) in [5.41, 5.74) is -0.188. The van der Waals surface area contributed by atoms with Gasteiger partial charge in [-0.25, -0.2) is 0 Å². The second kappa shape index (κ2) is 6.66. The molecule has 0 N–H and O–H groups in total. The number of allylic oxidation sites excluding steroid dienone is 2. The summed E-state index contributed by atoms with van der Waals surface area (Å²) in [7, 11) is -0.162. The summed E-state index contributed by atoms with van der Waals surface area (Å²) in [5.74, 6) is 1.37. The summed E-state index contributed by atoms with van der Waals surface area (Å²) < 4.78 is 18.0. The second-order valence-electron chi connectivity index (χ2n) is 10.3. The Labute approximate surface area is 159 Å². The van der Waals surface area contributed by atoms with E-state index in [-0.39, 0.29) is 30.7 Å². The summed E-state index contributed by atoms with van der Waals surface area (Å²) in [4.78, 5) is 11.9. The topological polar surface area (TPSA) is 44.8 Å². The normalized spacial score (nSPS) is 36.6. The van der Waals surface area contributed by atoms with E-state index in [1.165, 1.54) is 6.42 Å². The number of rotatable bonds is 5. The van der Waals surface area contributed by atoms with Crippen molar-refractivity contribution in [3.05, 3.63) is 12.2 Å². The summed E-state index contributed by atoms with van der Waals surface area (Å²) >= 11 is 0. The molecule has 4 fully saturated rings. The van der Waals surface area contributed by atoms with E-state index in [0.717, 1.165) is 18.7 Å². The molecule has 26 heavy (non-hydrogen) atoms. The van der Waals surface area contributed by atoms with Crippen LogP contribution < -0.4 is 0 Å². The molecule has 3 saturated carbocycles. The third-order valence-corrected chi connectivity index (χ3v) is 6.70. The number of hydrogen-bond donors (Lipinski definition) is 0. The second-order valence-corrected chi connectivity index (χ2v) is 10.3. The van der Waals surface area contributed by atoms with Gasteiger partial charge in [-0.3, -0.25) is 4.79 Å². The Balaban J connectivity index is 1.48. The van der Waals surface area contributed by atoms with E-state index in [1.54, 1.807) is 0 Å². The van der Waals surface area contributed by atoms with Crippen molar-refractivity contribution < 1.29 is 18.8 Å². The minimum absolute atomic E-state index is 0.140. The average Bonchev–Trinajstić information content (AvgIpc) is 2.80. The van der Waals surface area contributed by atoms with Crippen LogP contribution in [0.2, 0.25) is 6.32 Å². The van der Waals surface area contributed by atoms with Crippen molar-refractivity contribution in [2.75, 3.05) is 0 Å².